The van der Waals surface area contributed by atoms with Gasteiger partial charge in [0.15, 0.2) is 5.78 Å². The molecule has 3 aliphatic rings. The van der Waals surface area contributed by atoms with E-state index in [1.165, 1.54) is 4.90 Å². The van der Waals surface area contributed by atoms with Crippen molar-refractivity contribution in [3.05, 3.63) is 65.2 Å². The number of hydrogen-bond donors (Lipinski definition) is 0. The number of benzene rings is 2. The van der Waals surface area contributed by atoms with E-state index in [1.807, 2.05) is 18.2 Å². The predicted octanol–water partition coefficient (Wildman–Crippen LogP) is 3.18. The Morgan fingerprint density at radius 3 is 2.32 bits per heavy atom. The number of ketones is 1. The third-order valence-electron chi connectivity index (χ3n) is 6.26. The average molecular weight is 395 g/mol. The lowest BCUT2D eigenvalue weighted by atomic mass is 9.85. The summed E-state index contributed by atoms with van der Waals surface area (Å²) >= 11 is 5.95. The topological polar surface area (TPSA) is 57.7 Å². The molecule has 0 unspecified atom stereocenters. The van der Waals surface area contributed by atoms with Crippen molar-refractivity contribution in [3.8, 4) is 0 Å². The number of nitrogens with zero attached hydrogens (tertiary/aromatic N) is 2. The second-order valence-electron chi connectivity index (χ2n) is 7.66. The molecule has 5 nitrogen and oxygen atoms in total. The first kappa shape index (κ1) is 17.6. The van der Waals surface area contributed by atoms with E-state index in [-0.39, 0.29) is 23.6 Å². The molecule has 0 spiro atoms. The van der Waals surface area contributed by atoms with Crippen LogP contribution in [0.25, 0.3) is 0 Å². The molecule has 0 aromatic heterocycles. The Labute approximate surface area is 167 Å². The quantitative estimate of drug-likeness (QED) is 0.592. The summed E-state index contributed by atoms with van der Waals surface area (Å²) in [6, 6.07) is 15.1. The number of carbonyl (C=O) groups is 3. The predicted molar refractivity (Wildman–Crippen MR) is 105 cm³/mol. The molecular weight excluding hydrogens is 376 g/mol. The van der Waals surface area contributed by atoms with E-state index in [9.17, 15) is 14.4 Å². The highest BCUT2D eigenvalue weighted by Gasteiger charge is 2.64. The number of fused-ring (bicyclic) bond motifs is 3. The molecule has 6 heteroatoms. The molecule has 3 aliphatic heterocycles. The van der Waals surface area contributed by atoms with E-state index in [1.54, 1.807) is 36.4 Å². The van der Waals surface area contributed by atoms with E-state index < -0.39 is 17.9 Å². The van der Waals surface area contributed by atoms with Crippen molar-refractivity contribution in [2.45, 2.75) is 24.9 Å². The lowest BCUT2D eigenvalue weighted by Crippen LogP contribution is -2.46. The van der Waals surface area contributed by atoms with Crippen molar-refractivity contribution in [2.24, 2.45) is 11.8 Å². The molecule has 4 atom stereocenters. The number of anilines is 1. The largest absolute Gasteiger partial charge is 0.292 e. The minimum absolute atomic E-state index is 0.0450. The van der Waals surface area contributed by atoms with Gasteiger partial charge in [-0.2, -0.15) is 0 Å². The van der Waals surface area contributed by atoms with Crippen LogP contribution in [0.5, 0.6) is 0 Å². The van der Waals surface area contributed by atoms with Crippen LogP contribution in [-0.2, 0) is 9.59 Å². The first-order chi connectivity index (χ1) is 13.6. The fourth-order valence-electron chi connectivity index (χ4n) is 5.13. The molecule has 142 valence electrons. The summed E-state index contributed by atoms with van der Waals surface area (Å²) in [5.74, 6) is -1.62. The summed E-state index contributed by atoms with van der Waals surface area (Å²) in [6.45, 7) is 0.752. The molecule has 0 radical (unpaired) electrons. The highest BCUT2D eigenvalue weighted by atomic mass is 35.5. The molecule has 0 saturated carbocycles. The molecule has 28 heavy (non-hydrogen) atoms. The third-order valence-corrected chi connectivity index (χ3v) is 6.52. The molecule has 0 aliphatic carbocycles. The highest BCUT2D eigenvalue weighted by molar-refractivity contribution is 6.31. The Kier molecular flexibility index (Phi) is 4.11. The molecule has 3 fully saturated rings. The fourth-order valence-corrected chi connectivity index (χ4v) is 5.26. The zero-order valence-electron chi connectivity index (χ0n) is 15.1. The van der Waals surface area contributed by atoms with E-state index in [0.29, 0.717) is 16.3 Å². The van der Waals surface area contributed by atoms with Crippen LogP contribution in [-0.4, -0.2) is 41.1 Å². The van der Waals surface area contributed by atoms with Crippen molar-refractivity contribution in [1.29, 1.82) is 0 Å². The number of imide groups is 1. The summed E-state index contributed by atoms with van der Waals surface area (Å²) in [7, 11) is 0. The summed E-state index contributed by atoms with van der Waals surface area (Å²) < 4.78 is 0. The number of hydrogen-bond acceptors (Lipinski definition) is 4. The fraction of sp³-hybridized carbons (Fsp3) is 0.318. The Balaban J connectivity index is 1.55. The first-order valence-corrected chi connectivity index (χ1v) is 9.94. The molecule has 3 saturated heterocycles. The van der Waals surface area contributed by atoms with Gasteiger partial charge < -0.3 is 0 Å². The summed E-state index contributed by atoms with van der Waals surface area (Å²) in [4.78, 5) is 43.3. The number of Topliss-reactive ketones (excluding diaryl/α,β-unsaturated/α-hetero) is 1. The van der Waals surface area contributed by atoms with Crippen LogP contribution < -0.4 is 4.90 Å². The van der Waals surface area contributed by atoms with Crippen molar-refractivity contribution < 1.29 is 14.4 Å². The number of halogens is 1. The maximum atomic E-state index is 13.4. The minimum Gasteiger partial charge on any atom is -0.292 e. The van der Waals surface area contributed by atoms with Gasteiger partial charge >= 0.3 is 0 Å². The van der Waals surface area contributed by atoms with E-state index in [4.69, 9.17) is 11.6 Å². The smallest absolute Gasteiger partial charge is 0.239 e. The Bertz CT molecular complexity index is 960. The van der Waals surface area contributed by atoms with Crippen LogP contribution in [0, 0.1) is 11.8 Å². The van der Waals surface area contributed by atoms with Crippen molar-refractivity contribution in [1.82, 2.24) is 4.90 Å². The van der Waals surface area contributed by atoms with E-state index in [2.05, 4.69) is 4.90 Å². The monoisotopic (exact) mass is 394 g/mol. The molecule has 2 amide bonds. The average Bonchev–Trinajstić information content (AvgIpc) is 3.35. The lowest BCUT2D eigenvalue weighted by Gasteiger charge is -2.27. The van der Waals surface area contributed by atoms with Gasteiger partial charge in [-0.3, -0.25) is 19.3 Å². The summed E-state index contributed by atoms with van der Waals surface area (Å²) in [5, 5.41) is 0.544. The van der Waals surface area contributed by atoms with Crippen LogP contribution in [0.1, 0.15) is 23.2 Å². The number of carbonyl (C=O) groups excluding carboxylic acids is 3. The van der Waals surface area contributed by atoms with Gasteiger partial charge in [0, 0.05) is 16.6 Å². The van der Waals surface area contributed by atoms with Crippen LogP contribution in [0.15, 0.2) is 54.6 Å². The van der Waals surface area contributed by atoms with Gasteiger partial charge in [0.1, 0.15) is 0 Å². The third kappa shape index (κ3) is 2.46. The zero-order chi connectivity index (χ0) is 19.4. The maximum Gasteiger partial charge on any atom is 0.239 e. The number of amides is 2. The molecule has 5 rings (SSSR count). The van der Waals surface area contributed by atoms with Gasteiger partial charge in [-0.1, -0.05) is 41.9 Å². The second kappa shape index (κ2) is 6.54. The molecule has 2 aromatic rings. The standard InChI is InChI=1S/C22H19ClN2O3/c23-14-8-10-15(11-9-14)25-21(27)17-16-7-4-12-24(16)19(18(17)22(25)28)20(26)13-5-2-1-3-6-13/h1-3,5-6,8-11,16-19H,4,7,12H2/t16-,17+,18+,19-/m1/s1. The van der Waals surface area contributed by atoms with Gasteiger partial charge in [0.25, 0.3) is 0 Å². The van der Waals surface area contributed by atoms with E-state index >= 15 is 0 Å². The van der Waals surface area contributed by atoms with Crippen LogP contribution in [0.4, 0.5) is 5.69 Å². The van der Waals surface area contributed by atoms with Crippen molar-refractivity contribution >= 4 is 34.9 Å². The Morgan fingerprint density at radius 2 is 1.61 bits per heavy atom. The second-order valence-corrected chi connectivity index (χ2v) is 8.10. The summed E-state index contributed by atoms with van der Waals surface area (Å²) in [6.07, 6.45) is 1.78. The Morgan fingerprint density at radius 1 is 0.929 bits per heavy atom. The van der Waals surface area contributed by atoms with Crippen LogP contribution in [0.3, 0.4) is 0 Å². The maximum absolute atomic E-state index is 13.4. The Hall–Kier alpha value is -2.50. The van der Waals surface area contributed by atoms with Gasteiger partial charge in [-0.05, 0) is 43.7 Å². The van der Waals surface area contributed by atoms with Gasteiger partial charge in [-0.25, -0.2) is 4.90 Å². The SMILES string of the molecule is O=C(c1ccccc1)[C@H]1[C@H]2C(=O)N(c3ccc(Cl)cc3)C(=O)[C@H]2[C@H]2CCCN21. The molecular formula is C22H19ClN2O3. The van der Waals surface area contributed by atoms with Crippen molar-refractivity contribution in [3.63, 3.8) is 0 Å². The molecule has 3 heterocycles. The van der Waals surface area contributed by atoms with Gasteiger partial charge in [-0.15, -0.1) is 0 Å². The normalized spacial score (nSPS) is 29.2. The lowest BCUT2D eigenvalue weighted by molar-refractivity contribution is -0.123. The molecule has 2 aromatic carbocycles. The molecule has 0 bridgehead atoms. The van der Waals surface area contributed by atoms with Crippen LogP contribution >= 0.6 is 11.6 Å². The van der Waals surface area contributed by atoms with Crippen LogP contribution in [0.2, 0.25) is 5.02 Å². The van der Waals surface area contributed by atoms with Gasteiger partial charge in [0.05, 0.1) is 23.6 Å². The minimum atomic E-state index is -0.624. The highest BCUT2D eigenvalue weighted by Crippen LogP contribution is 2.48. The molecule has 0 N–H and O–H groups in total. The summed E-state index contributed by atoms with van der Waals surface area (Å²) in [5.41, 5.74) is 1.10. The zero-order valence-corrected chi connectivity index (χ0v) is 15.9. The first-order valence-electron chi connectivity index (χ1n) is 9.56. The van der Waals surface area contributed by atoms with Crippen molar-refractivity contribution in [2.75, 3.05) is 11.4 Å². The van der Waals surface area contributed by atoms with Gasteiger partial charge in [0.2, 0.25) is 11.8 Å². The van der Waals surface area contributed by atoms with E-state index in [0.717, 1.165) is 19.4 Å². The number of rotatable bonds is 3.